The molecule has 8 nitrogen and oxygen atoms in total. The van der Waals surface area contributed by atoms with Gasteiger partial charge in [-0.3, -0.25) is 10.1 Å². The van der Waals surface area contributed by atoms with Gasteiger partial charge < -0.3 is 4.42 Å². The maximum atomic E-state index is 12.3. The summed E-state index contributed by atoms with van der Waals surface area (Å²) >= 11 is 12.6. The molecule has 0 atom stereocenters. The van der Waals surface area contributed by atoms with Gasteiger partial charge in [0, 0.05) is 11.6 Å². The molecule has 30 heavy (non-hydrogen) atoms. The number of furan rings is 1. The number of amides is 1. The quantitative estimate of drug-likeness (QED) is 0.312. The van der Waals surface area contributed by atoms with Crippen LogP contribution in [0.5, 0.6) is 0 Å². The minimum absolute atomic E-state index is 0.0379. The van der Waals surface area contributed by atoms with Crippen LogP contribution in [0.2, 0.25) is 10.0 Å². The van der Waals surface area contributed by atoms with Crippen molar-refractivity contribution in [2.24, 2.45) is 0 Å². The van der Waals surface area contributed by atoms with Gasteiger partial charge in [-0.05, 0) is 30.3 Å². The summed E-state index contributed by atoms with van der Waals surface area (Å²) in [6.45, 7) is 1.47. The van der Waals surface area contributed by atoms with E-state index < -0.39 is 15.7 Å². The van der Waals surface area contributed by atoms with E-state index in [0.717, 1.165) is 0 Å². The third-order valence-corrected chi connectivity index (χ3v) is 7.51. The first-order valence-corrected chi connectivity index (χ1v) is 11.5. The lowest BCUT2D eigenvalue weighted by Crippen LogP contribution is -2.13. The molecule has 0 aliphatic heterocycles. The van der Waals surface area contributed by atoms with E-state index >= 15 is 0 Å². The minimum atomic E-state index is -3.54. The Labute approximate surface area is 185 Å². The molecule has 1 N–H and O–H groups in total. The normalized spacial score (nSPS) is 11.9. The van der Waals surface area contributed by atoms with Gasteiger partial charge in [0.25, 0.3) is 5.91 Å². The van der Waals surface area contributed by atoms with E-state index in [2.05, 4.69) is 15.5 Å². The van der Waals surface area contributed by atoms with Crippen molar-refractivity contribution in [1.29, 1.82) is 5.26 Å². The first-order chi connectivity index (χ1) is 14.2. The highest BCUT2D eigenvalue weighted by molar-refractivity contribution is 7.93. The number of hydrogen-bond acceptors (Lipinski definition) is 8. The van der Waals surface area contributed by atoms with Gasteiger partial charge in [0.15, 0.2) is 0 Å². The summed E-state index contributed by atoms with van der Waals surface area (Å²) in [7, 11) is -3.54. The topological polar surface area (TPSA) is 126 Å². The van der Waals surface area contributed by atoms with E-state index in [1.54, 1.807) is 36.4 Å². The number of hydrogen-bond donors (Lipinski definition) is 1. The standard InChI is InChI=1S/C18H12Cl2N4O4S2/c1-2-30(26,27)18-24-23-17(29-18)22-16(25)11(9-21)7-12-4-6-15(28-12)10-3-5-13(19)14(20)8-10/h3-8H,2H2,1H3,(H,22,23,25)/b11-7-. The van der Waals surface area contributed by atoms with Crippen LogP contribution < -0.4 is 5.32 Å². The number of aromatic nitrogens is 2. The molecule has 154 valence electrons. The van der Waals surface area contributed by atoms with E-state index in [1.165, 1.54) is 13.0 Å². The highest BCUT2D eigenvalue weighted by Crippen LogP contribution is 2.30. The van der Waals surface area contributed by atoms with Gasteiger partial charge in [-0.2, -0.15) is 5.26 Å². The van der Waals surface area contributed by atoms with Gasteiger partial charge in [0.05, 0.1) is 15.8 Å². The van der Waals surface area contributed by atoms with E-state index in [1.807, 2.05) is 0 Å². The van der Waals surface area contributed by atoms with Crippen molar-refractivity contribution in [2.45, 2.75) is 11.3 Å². The van der Waals surface area contributed by atoms with Crippen LogP contribution in [0.4, 0.5) is 5.13 Å². The molecule has 1 amide bonds. The molecule has 12 heteroatoms. The van der Waals surface area contributed by atoms with E-state index in [0.29, 0.717) is 32.7 Å². The van der Waals surface area contributed by atoms with Crippen molar-refractivity contribution in [3.05, 3.63) is 51.7 Å². The molecule has 0 spiro atoms. The van der Waals surface area contributed by atoms with Crippen LogP contribution in [-0.4, -0.2) is 30.3 Å². The van der Waals surface area contributed by atoms with Crippen LogP contribution in [0.1, 0.15) is 12.7 Å². The summed E-state index contributed by atoms with van der Waals surface area (Å²) in [5.41, 5.74) is 0.408. The van der Waals surface area contributed by atoms with Crippen LogP contribution in [0.15, 0.2) is 44.7 Å². The Morgan fingerprint density at radius 3 is 2.70 bits per heavy atom. The second-order valence-corrected chi connectivity index (χ2v) is 9.98. The third kappa shape index (κ3) is 4.88. The van der Waals surface area contributed by atoms with Crippen LogP contribution in [0, 0.1) is 11.3 Å². The minimum Gasteiger partial charge on any atom is -0.457 e. The number of halogens is 2. The van der Waals surface area contributed by atoms with Crippen LogP contribution in [-0.2, 0) is 14.6 Å². The average Bonchev–Trinajstić information content (AvgIpc) is 3.38. The van der Waals surface area contributed by atoms with Crippen LogP contribution in [0.3, 0.4) is 0 Å². The molecular weight excluding hydrogens is 471 g/mol. The lowest BCUT2D eigenvalue weighted by Gasteiger charge is -2.00. The molecule has 3 aromatic rings. The SMILES string of the molecule is CCS(=O)(=O)c1nnc(NC(=O)/C(C#N)=C\c2ccc(-c3ccc(Cl)c(Cl)c3)o2)s1. The zero-order chi connectivity index (χ0) is 21.9. The number of nitrogens with one attached hydrogen (secondary N) is 1. The van der Waals surface area contributed by atoms with Crippen LogP contribution in [0.25, 0.3) is 17.4 Å². The molecule has 3 rings (SSSR count). The molecule has 0 saturated carbocycles. The molecule has 2 aromatic heterocycles. The lowest BCUT2D eigenvalue weighted by atomic mass is 10.2. The van der Waals surface area contributed by atoms with Gasteiger partial charge >= 0.3 is 0 Å². The predicted molar refractivity (Wildman–Crippen MR) is 114 cm³/mol. The molecule has 0 aliphatic carbocycles. The Morgan fingerprint density at radius 1 is 1.27 bits per heavy atom. The second kappa shape index (κ2) is 8.97. The average molecular weight is 483 g/mol. The van der Waals surface area contributed by atoms with Gasteiger partial charge in [-0.25, -0.2) is 8.42 Å². The third-order valence-electron chi connectivity index (χ3n) is 3.76. The van der Waals surface area contributed by atoms with Crippen molar-refractivity contribution in [3.63, 3.8) is 0 Å². The Kier molecular flexibility index (Phi) is 6.58. The number of nitrogens with zero attached hydrogens (tertiary/aromatic N) is 3. The zero-order valence-electron chi connectivity index (χ0n) is 15.2. The summed E-state index contributed by atoms with van der Waals surface area (Å²) in [5, 5.41) is 19.6. The fraction of sp³-hybridized carbons (Fsp3) is 0.111. The van der Waals surface area contributed by atoms with E-state index in [-0.39, 0.29) is 26.6 Å². The molecule has 0 bridgehead atoms. The van der Waals surface area contributed by atoms with E-state index in [4.69, 9.17) is 27.6 Å². The molecule has 0 fully saturated rings. The molecule has 0 aliphatic rings. The molecule has 0 radical (unpaired) electrons. The first-order valence-electron chi connectivity index (χ1n) is 8.28. The highest BCUT2D eigenvalue weighted by atomic mass is 35.5. The predicted octanol–water partition coefficient (Wildman–Crippen LogP) is 4.44. The summed E-state index contributed by atoms with van der Waals surface area (Å²) < 4.78 is 29.0. The number of nitriles is 1. The Hall–Kier alpha value is -2.71. The maximum absolute atomic E-state index is 12.3. The smallest absolute Gasteiger partial charge is 0.268 e. The van der Waals surface area contributed by atoms with Gasteiger partial charge in [-0.1, -0.05) is 41.5 Å². The van der Waals surface area contributed by atoms with Crippen LogP contribution >= 0.6 is 34.5 Å². The number of carbonyl (C=O) groups is 1. The van der Waals surface area contributed by atoms with E-state index in [9.17, 15) is 18.5 Å². The summed E-state index contributed by atoms with van der Waals surface area (Å²) in [6, 6.07) is 9.99. The van der Waals surface area contributed by atoms with Crippen molar-refractivity contribution in [3.8, 4) is 17.4 Å². The van der Waals surface area contributed by atoms with Gasteiger partial charge in [0.2, 0.25) is 19.3 Å². The molecule has 1 aromatic carbocycles. The van der Waals surface area contributed by atoms with Gasteiger partial charge in [0.1, 0.15) is 23.2 Å². The molecule has 0 unspecified atom stereocenters. The number of benzene rings is 1. The van der Waals surface area contributed by atoms with Gasteiger partial charge in [-0.15, -0.1) is 10.2 Å². The number of rotatable bonds is 6. The number of carbonyl (C=O) groups excluding carboxylic acids is 1. The maximum Gasteiger partial charge on any atom is 0.268 e. The van der Waals surface area contributed by atoms with Crippen molar-refractivity contribution >= 4 is 61.5 Å². The summed E-state index contributed by atoms with van der Waals surface area (Å²) in [4.78, 5) is 12.3. The van der Waals surface area contributed by atoms with Crippen molar-refractivity contribution in [1.82, 2.24) is 10.2 Å². The molecule has 2 heterocycles. The zero-order valence-corrected chi connectivity index (χ0v) is 18.4. The first kappa shape index (κ1) is 22.0. The number of sulfone groups is 1. The fourth-order valence-electron chi connectivity index (χ4n) is 2.20. The highest BCUT2D eigenvalue weighted by Gasteiger charge is 2.20. The van der Waals surface area contributed by atoms with Crippen molar-refractivity contribution in [2.75, 3.05) is 11.1 Å². The summed E-state index contributed by atoms with van der Waals surface area (Å²) in [5.74, 6) is -0.189. The largest absolute Gasteiger partial charge is 0.457 e. The Balaban J connectivity index is 1.79. The number of anilines is 1. The monoisotopic (exact) mass is 482 g/mol. The fourth-order valence-corrected chi connectivity index (χ4v) is 4.48. The summed E-state index contributed by atoms with van der Waals surface area (Å²) in [6.07, 6.45) is 1.25. The lowest BCUT2D eigenvalue weighted by molar-refractivity contribution is -0.112. The van der Waals surface area contributed by atoms with Crippen molar-refractivity contribution < 1.29 is 17.6 Å². The Bertz CT molecular complexity index is 1290. The molecule has 0 saturated heterocycles. The Morgan fingerprint density at radius 2 is 2.03 bits per heavy atom. The molecular formula is C18H12Cl2N4O4S2. The second-order valence-electron chi connectivity index (χ2n) is 5.73.